The highest BCUT2D eigenvalue weighted by atomic mass is 16.3. The van der Waals surface area contributed by atoms with E-state index in [4.69, 9.17) is 4.42 Å². The van der Waals surface area contributed by atoms with Crippen LogP contribution in [0.1, 0.15) is 51.0 Å². The number of furan rings is 1. The molecule has 0 aliphatic heterocycles. The third-order valence-corrected chi connectivity index (χ3v) is 3.82. The maximum absolute atomic E-state index is 5.07. The van der Waals surface area contributed by atoms with E-state index in [-0.39, 0.29) is 0 Å². The molecule has 2 heteroatoms. The summed E-state index contributed by atoms with van der Waals surface area (Å²) in [5.41, 5.74) is 1.25. The van der Waals surface area contributed by atoms with E-state index in [1.807, 2.05) is 12.3 Å². The van der Waals surface area contributed by atoms with E-state index in [2.05, 4.69) is 12.2 Å². The summed E-state index contributed by atoms with van der Waals surface area (Å²) in [6, 6.07) is 2.67. The molecule has 0 spiro atoms. The second kappa shape index (κ2) is 6.09. The molecule has 1 aliphatic rings. The summed E-state index contributed by atoms with van der Waals surface area (Å²) in [7, 11) is 0. The smallest absolute Gasteiger partial charge is 0.0947 e. The Morgan fingerprint density at radius 3 is 2.69 bits per heavy atom. The molecule has 0 unspecified atom stereocenters. The largest absolute Gasteiger partial charge is 0.472 e. The first-order valence-electron chi connectivity index (χ1n) is 6.61. The number of nitrogens with one attached hydrogen (secondary N) is 1. The van der Waals surface area contributed by atoms with Gasteiger partial charge in [0.15, 0.2) is 0 Å². The van der Waals surface area contributed by atoms with Gasteiger partial charge in [0.25, 0.3) is 0 Å². The minimum absolute atomic E-state index is 0.632. The van der Waals surface area contributed by atoms with Gasteiger partial charge in [-0.2, -0.15) is 0 Å². The topological polar surface area (TPSA) is 25.2 Å². The van der Waals surface area contributed by atoms with Gasteiger partial charge in [-0.3, -0.25) is 0 Å². The lowest BCUT2D eigenvalue weighted by Crippen LogP contribution is -2.32. The summed E-state index contributed by atoms with van der Waals surface area (Å²) in [4.78, 5) is 0. The molecule has 1 fully saturated rings. The quantitative estimate of drug-likeness (QED) is 0.784. The molecule has 2 rings (SSSR count). The lowest BCUT2D eigenvalue weighted by molar-refractivity contribution is 0.336. The lowest BCUT2D eigenvalue weighted by Gasteiger charge is -2.23. The molecule has 1 heterocycles. The number of hydrogen-bond donors (Lipinski definition) is 1. The molecule has 1 N–H and O–H groups in total. The molecule has 1 aromatic heterocycles. The number of hydrogen-bond acceptors (Lipinski definition) is 2. The molecule has 2 nitrogen and oxygen atoms in total. The van der Waals surface area contributed by atoms with Gasteiger partial charge in [0.05, 0.1) is 12.5 Å². The average molecular weight is 221 g/mol. The zero-order valence-corrected chi connectivity index (χ0v) is 10.2. The van der Waals surface area contributed by atoms with Crippen LogP contribution in [0.25, 0.3) is 0 Å². The zero-order chi connectivity index (χ0) is 11.2. The van der Waals surface area contributed by atoms with Crippen molar-refractivity contribution in [3.05, 3.63) is 24.2 Å². The van der Waals surface area contributed by atoms with Crippen molar-refractivity contribution in [1.82, 2.24) is 5.32 Å². The van der Waals surface area contributed by atoms with Crippen molar-refractivity contribution in [2.45, 2.75) is 58.0 Å². The molecule has 0 amide bonds. The predicted molar refractivity (Wildman–Crippen MR) is 66.2 cm³/mol. The Morgan fingerprint density at radius 2 is 2.06 bits per heavy atom. The first-order valence-corrected chi connectivity index (χ1v) is 6.61. The van der Waals surface area contributed by atoms with Crippen molar-refractivity contribution in [3.63, 3.8) is 0 Å². The minimum atomic E-state index is 0.632. The molecular weight excluding hydrogens is 198 g/mol. The molecular formula is C14H23NO. The fraction of sp³-hybridized carbons (Fsp3) is 0.714. The van der Waals surface area contributed by atoms with Crippen molar-refractivity contribution in [2.75, 3.05) is 0 Å². The van der Waals surface area contributed by atoms with Crippen molar-refractivity contribution in [3.8, 4) is 0 Å². The van der Waals surface area contributed by atoms with Gasteiger partial charge < -0.3 is 9.73 Å². The fourth-order valence-corrected chi connectivity index (χ4v) is 2.65. The first-order chi connectivity index (χ1) is 7.86. The highest BCUT2D eigenvalue weighted by Gasteiger charge is 2.18. The molecule has 0 saturated heterocycles. The van der Waals surface area contributed by atoms with Gasteiger partial charge in [0.1, 0.15) is 0 Å². The SMILES string of the molecule is C[C@H](NCc1ccoc1)C1CCCCCC1. The predicted octanol–water partition coefficient (Wildman–Crippen LogP) is 3.73. The van der Waals surface area contributed by atoms with Gasteiger partial charge >= 0.3 is 0 Å². The summed E-state index contributed by atoms with van der Waals surface area (Å²) in [6.45, 7) is 3.27. The van der Waals surface area contributed by atoms with E-state index in [1.54, 1.807) is 6.26 Å². The van der Waals surface area contributed by atoms with Gasteiger partial charge in [-0.25, -0.2) is 0 Å². The van der Waals surface area contributed by atoms with Gasteiger partial charge in [0.2, 0.25) is 0 Å². The Labute approximate surface area is 98.4 Å². The van der Waals surface area contributed by atoms with Crippen LogP contribution >= 0.6 is 0 Å². The molecule has 0 bridgehead atoms. The number of rotatable bonds is 4. The van der Waals surface area contributed by atoms with Crippen LogP contribution in [0.4, 0.5) is 0 Å². The van der Waals surface area contributed by atoms with Crippen LogP contribution < -0.4 is 5.32 Å². The Kier molecular flexibility index (Phi) is 4.46. The van der Waals surface area contributed by atoms with E-state index in [0.717, 1.165) is 12.5 Å². The standard InChI is InChI=1S/C14H23NO/c1-12(14-6-4-2-3-5-7-14)15-10-13-8-9-16-11-13/h8-9,11-12,14-15H,2-7,10H2,1H3/t12-/m0/s1. The molecule has 1 saturated carbocycles. The summed E-state index contributed by atoms with van der Waals surface area (Å²) in [5, 5.41) is 3.62. The monoisotopic (exact) mass is 221 g/mol. The summed E-state index contributed by atoms with van der Waals surface area (Å²) in [5.74, 6) is 0.870. The van der Waals surface area contributed by atoms with E-state index >= 15 is 0 Å². The van der Waals surface area contributed by atoms with Gasteiger partial charge in [-0.15, -0.1) is 0 Å². The molecule has 0 radical (unpaired) electrons. The summed E-state index contributed by atoms with van der Waals surface area (Å²) >= 11 is 0. The maximum Gasteiger partial charge on any atom is 0.0947 e. The Morgan fingerprint density at radius 1 is 1.31 bits per heavy atom. The van der Waals surface area contributed by atoms with Crippen LogP contribution in [-0.4, -0.2) is 6.04 Å². The van der Waals surface area contributed by atoms with Crippen LogP contribution in [0.2, 0.25) is 0 Å². The highest BCUT2D eigenvalue weighted by molar-refractivity contribution is 5.04. The Hall–Kier alpha value is -0.760. The first kappa shape index (κ1) is 11.7. The Bertz CT molecular complexity index is 273. The lowest BCUT2D eigenvalue weighted by atomic mass is 9.93. The van der Waals surface area contributed by atoms with Crippen LogP contribution in [0.5, 0.6) is 0 Å². The fourth-order valence-electron chi connectivity index (χ4n) is 2.65. The van der Waals surface area contributed by atoms with Crippen LogP contribution in [-0.2, 0) is 6.54 Å². The molecule has 1 aliphatic carbocycles. The van der Waals surface area contributed by atoms with E-state index in [0.29, 0.717) is 6.04 Å². The van der Waals surface area contributed by atoms with Gasteiger partial charge in [-0.05, 0) is 31.7 Å². The normalized spacial score (nSPS) is 20.6. The van der Waals surface area contributed by atoms with E-state index < -0.39 is 0 Å². The Balaban J connectivity index is 1.75. The zero-order valence-electron chi connectivity index (χ0n) is 10.2. The second-order valence-electron chi connectivity index (χ2n) is 5.05. The van der Waals surface area contributed by atoms with Crippen molar-refractivity contribution < 1.29 is 4.42 Å². The molecule has 1 atom stereocenters. The molecule has 16 heavy (non-hydrogen) atoms. The van der Waals surface area contributed by atoms with Crippen molar-refractivity contribution in [1.29, 1.82) is 0 Å². The highest BCUT2D eigenvalue weighted by Crippen LogP contribution is 2.25. The van der Waals surface area contributed by atoms with Gasteiger partial charge in [-0.1, -0.05) is 25.7 Å². The van der Waals surface area contributed by atoms with Gasteiger partial charge in [0, 0.05) is 18.2 Å². The third kappa shape index (κ3) is 3.38. The molecule has 90 valence electrons. The maximum atomic E-state index is 5.07. The van der Waals surface area contributed by atoms with Crippen LogP contribution in [0.15, 0.2) is 23.0 Å². The third-order valence-electron chi connectivity index (χ3n) is 3.82. The molecule has 0 aromatic carbocycles. The van der Waals surface area contributed by atoms with E-state index in [9.17, 15) is 0 Å². The summed E-state index contributed by atoms with van der Waals surface area (Å²) < 4.78 is 5.07. The van der Waals surface area contributed by atoms with Crippen molar-refractivity contribution in [2.24, 2.45) is 5.92 Å². The van der Waals surface area contributed by atoms with Crippen molar-refractivity contribution >= 4 is 0 Å². The minimum Gasteiger partial charge on any atom is -0.472 e. The second-order valence-corrected chi connectivity index (χ2v) is 5.05. The average Bonchev–Trinajstić information content (AvgIpc) is 2.66. The summed E-state index contributed by atoms with van der Waals surface area (Å²) in [6.07, 6.45) is 12.1. The van der Waals surface area contributed by atoms with Crippen LogP contribution in [0, 0.1) is 5.92 Å². The molecule has 1 aromatic rings. The van der Waals surface area contributed by atoms with Crippen LogP contribution in [0.3, 0.4) is 0 Å². The van der Waals surface area contributed by atoms with E-state index in [1.165, 1.54) is 44.1 Å².